The van der Waals surface area contributed by atoms with Gasteiger partial charge in [-0.1, -0.05) is 295 Å². The van der Waals surface area contributed by atoms with Crippen molar-refractivity contribution in [2.75, 3.05) is 13.2 Å². The molecule has 0 saturated carbocycles. The third-order valence-electron chi connectivity index (χ3n) is 15.2. The van der Waals surface area contributed by atoms with Gasteiger partial charge in [0.2, 0.25) is 5.91 Å². The number of carbonyl (C=O) groups is 2. The second-order valence-corrected chi connectivity index (χ2v) is 22.4. The number of ether oxygens (including phenoxy) is 1. The van der Waals surface area contributed by atoms with Crippen LogP contribution >= 0.6 is 0 Å². The molecular weight excluding hydrogens is 887 g/mol. The van der Waals surface area contributed by atoms with Crippen LogP contribution in [0.5, 0.6) is 0 Å². The molecule has 6 heteroatoms. The zero-order valence-corrected chi connectivity index (χ0v) is 48.7. The number of aliphatic hydroxyl groups excluding tert-OH is 2. The summed E-state index contributed by atoms with van der Waals surface area (Å²) in [6.07, 6.45) is 76.3. The molecule has 0 radical (unpaired) electrons. The Labute approximate surface area is 450 Å². The summed E-state index contributed by atoms with van der Waals surface area (Å²) < 4.78 is 5.47. The van der Waals surface area contributed by atoms with Crippen LogP contribution in [0, 0.1) is 0 Å². The summed E-state index contributed by atoms with van der Waals surface area (Å²) in [5.74, 6) is -0.0273. The van der Waals surface area contributed by atoms with Gasteiger partial charge in [-0.25, -0.2) is 0 Å². The molecule has 0 aromatic heterocycles. The Balaban J connectivity index is 3.38. The molecule has 0 rings (SSSR count). The van der Waals surface area contributed by atoms with Crippen molar-refractivity contribution in [1.29, 1.82) is 0 Å². The molecule has 72 heavy (non-hydrogen) atoms. The molecule has 6 nitrogen and oxygen atoms in total. The highest BCUT2D eigenvalue weighted by Gasteiger charge is 2.20. The summed E-state index contributed by atoms with van der Waals surface area (Å²) in [7, 11) is 0. The van der Waals surface area contributed by atoms with Gasteiger partial charge in [-0.15, -0.1) is 0 Å². The minimum absolute atomic E-state index is 0.00621. The molecule has 3 N–H and O–H groups in total. The van der Waals surface area contributed by atoms with Crippen molar-refractivity contribution in [1.82, 2.24) is 5.32 Å². The average molecular weight is 1010 g/mol. The van der Waals surface area contributed by atoms with Crippen molar-refractivity contribution in [2.24, 2.45) is 0 Å². The molecule has 0 aliphatic rings. The predicted octanol–water partition coefficient (Wildman–Crippen LogP) is 20.6. The van der Waals surface area contributed by atoms with E-state index in [0.717, 1.165) is 44.9 Å². The molecule has 2 unspecified atom stereocenters. The lowest BCUT2D eigenvalue weighted by Gasteiger charge is -2.22. The minimum atomic E-state index is -0.664. The van der Waals surface area contributed by atoms with Gasteiger partial charge in [0.15, 0.2) is 0 Å². The molecule has 0 bridgehead atoms. The van der Waals surface area contributed by atoms with Crippen LogP contribution in [-0.4, -0.2) is 47.4 Å². The summed E-state index contributed by atoms with van der Waals surface area (Å²) in [6, 6.07) is -0.541. The van der Waals surface area contributed by atoms with Crippen molar-refractivity contribution in [3.05, 3.63) is 24.3 Å². The number of rotatable bonds is 61. The quantitative estimate of drug-likeness (QED) is 0.0320. The number of allylic oxidation sites excluding steroid dienone is 4. The summed E-state index contributed by atoms with van der Waals surface area (Å²) in [5, 5.41) is 23.3. The number of unbranched alkanes of at least 4 members (excludes halogenated alkanes) is 46. The summed E-state index contributed by atoms with van der Waals surface area (Å²) >= 11 is 0. The van der Waals surface area contributed by atoms with E-state index in [1.807, 2.05) is 0 Å². The molecule has 0 aromatic rings. The summed E-state index contributed by atoms with van der Waals surface area (Å²) in [4.78, 5) is 24.5. The average Bonchev–Trinajstić information content (AvgIpc) is 3.38. The largest absolute Gasteiger partial charge is 0.466 e. The molecule has 0 fully saturated rings. The molecule has 1 amide bonds. The fraction of sp³-hybridized carbons (Fsp3) is 0.909. The highest BCUT2D eigenvalue weighted by atomic mass is 16.5. The number of nitrogens with one attached hydrogen (secondary N) is 1. The van der Waals surface area contributed by atoms with Crippen LogP contribution in [-0.2, 0) is 14.3 Å². The normalized spacial score (nSPS) is 12.7. The second-order valence-electron chi connectivity index (χ2n) is 22.4. The lowest BCUT2D eigenvalue weighted by Crippen LogP contribution is -2.45. The Kier molecular flexibility index (Phi) is 60.5. The maximum Gasteiger partial charge on any atom is 0.305 e. The van der Waals surface area contributed by atoms with Crippen LogP contribution in [0.2, 0.25) is 0 Å². The smallest absolute Gasteiger partial charge is 0.305 e. The first-order valence-electron chi connectivity index (χ1n) is 32.6. The maximum absolute atomic E-state index is 12.5. The molecule has 0 aliphatic heterocycles. The standard InChI is InChI=1S/C66H127NO5/c1-3-5-7-9-11-13-15-17-31-35-38-42-46-50-54-58-64(69)63(62-68)67-65(70)59-55-51-47-43-39-36-32-29-27-25-23-21-19-18-20-22-24-26-28-30-33-37-41-45-49-53-57-61-72-66(71)60-56-52-48-44-40-34-16-14-12-10-8-6-4-2/h14,16,18-19,63-64,68-69H,3-13,15,17,20-62H2,1-2H3,(H,67,70)/b16-14-,19-18-. The van der Waals surface area contributed by atoms with E-state index in [-0.39, 0.29) is 18.5 Å². The van der Waals surface area contributed by atoms with Gasteiger partial charge in [-0.2, -0.15) is 0 Å². The zero-order valence-electron chi connectivity index (χ0n) is 48.7. The number of aliphatic hydroxyl groups is 2. The third-order valence-corrected chi connectivity index (χ3v) is 15.2. The molecular formula is C66H127NO5. The van der Waals surface area contributed by atoms with Crippen LogP contribution in [0.3, 0.4) is 0 Å². The number of hydrogen-bond acceptors (Lipinski definition) is 5. The van der Waals surface area contributed by atoms with E-state index in [2.05, 4.69) is 43.5 Å². The highest BCUT2D eigenvalue weighted by molar-refractivity contribution is 5.76. The van der Waals surface area contributed by atoms with Crippen LogP contribution in [0.15, 0.2) is 24.3 Å². The van der Waals surface area contributed by atoms with Gasteiger partial charge in [-0.3, -0.25) is 9.59 Å². The van der Waals surface area contributed by atoms with E-state index in [1.165, 1.54) is 283 Å². The Morgan fingerprint density at radius 1 is 0.375 bits per heavy atom. The molecule has 0 heterocycles. The Bertz CT molecular complexity index is 1120. The topological polar surface area (TPSA) is 95.9 Å². The van der Waals surface area contributed by atoms with E-state index >= 15 is 0 Å². The minimum Gasteiger partial charge on any atom is -0.466 e. The maximum atomic E-state index is 12.5. The lowest BCUT2D eigenvalue weighted by atomic mass is 10.0. The second kappa shape index (κ2) is 61.9. The molecule has 0 saturated heterocycles. The highest BCUT2D eigenvalue weighted by Crippen LogP contribution is 2.18. The van der Waals surface area contributed by atoms with E-state index in [4.69, 9.17) is 4.74 Å². The number of esters is 1. The Morgan fingerprint density at radius 2 is 0.653 bits per heavy atom. The van der Waals surface area contributed by atoms with Gasteiger partial charge < -0.3 is 20.3 Å². The van der Waals surface area contributed by atoms with E-state index in [0.29, 0.717) is 25.9 Å². The first-order valence-corrected chi connectivity index (χ1v) is 32.6. The van der Waals surface area contributed by atoms with Gasteiger partial charge in [-0.05, 0) is 77.0 Å². The monoisotopic (exact) mass is 1010 g/mol. The molecule has 0 aliphatic carbocycles. The van der Waals surface area contributed by atoms with Crippen LogP contribution in [0.25, 0.3) is 0 Å². The van der Waals surface area contributed by atoms with E-state index in [9.17, 15) is 19.8 Å². The van der Waals surface area contributed by atoms with Crippen molar-refractivity contribution >= 4 is 11.9 Å². The van der Waals surface area contributed by atoms with Crippen LogP contribution in [0.4, 0.5) is 0 Å². The third kappa shape index (κ3) is 57.6. The molecule has 0 aromatic carbocycles. The van der Waals surface area contributed by atoms with Gasteiger partial charge >= 0.3 is 5.97 Å². The predicted molar refractivity (Wildman–Crippen MR) is 315 cm³/mol. The van der Waals surface area contributed by atoms with Gasteiger partial charge in [0.1, 0.15) is 0 Å². The SMILES string of the molecule is CCCCCC/C=C\CCCCCCCC(=O)OCCCCCCCCCCCCCC/C=C\CCCCCCCCCCCCCC(=O)NC(CO)C(O)CCCCCCCCCCCCCCCCC. The first-order chi connectivity index (χ1) is 35.5. The fourth-order valence-corrected chi connectivity index (χ4v) is 10.2. The van der Waals surface area contributed by atoms with Crippen molar-refractivity contribution in [3.63, 3.8) is 0 Å². The van der Waals surface area contributed by atoms with Gasteiger partial charge in [0, 0.05) is 12.8 Å². The van der Waals surface area contributed by atoms with Crippen LogP contribution < -0.4 is 5.32 Å². The van der Waals surface area contributed by atoms with E-state index in [1.54, 1.807) is 0 Å². The Morgan fingerprint density at radius 3 is 1.00 bits per heavy atom. The number of amides is 1. The van der Waals surface area contributed by atoms with Crippen molar-refractivity contribution in [3.8, 4) is 0 Å². The summed E-state index contributed by atoms with van der Waals surface area (Å²) in [6.45, 7) is 4.96. The first kappa shape index (κ1) is 70.3. The zero-order chi connectivity index (χ0) is 52.2. The number of carbonyl (C=O) groups excluding carboxylic acids is 2. The van der Waals surface area contributed by atoms with Crippen LogP contribution in [0.1, 0.15) is 361 Å². The van der Waals surface area contributed by atoms with Crippen molar-refractivity contribution in [2.45, 2.75) is 373 Å². The summed E-state index contributed by atoms with van der Waals surface area (Å²) in [5.41, 5.74) is 0. The fourth-order valence-electron chi connectivity index (χ4n) is 10.2. The molecule has 2 atom stereocenters. The number of hydrogen-bond donors (Lipinski definition) is 3. The van der Waals surface area contributed by atoms with Gasteiger partial charge in [0.25, 0.3) is 0 Å². The van der Waals surface area contributed by atoms with E-state index < -0.39 is 12.1 Å². The van der Waals surface area contributed by atoms with Gasteiger partial charge in [0.05, 0.1) is 25.4 Å². The Hall–Kier alpha value is -1.66. The lowest BCUT2D eigenvalue weighted by molar-refractivity contribution is -0.143. The molecule has 426 valence electrons. The van der Waals surface area contributed by atoms with Crippen molar-refractivity contribution < 1.29 is 24.5 Å². The molecule has 0 spiro atoms.